The minimum Gasteiger partial charge on any atom is -0.478 e. The second kappa shape index (κ2) is 9.71. The molecule has 2 aromatic carbocycles. The molecule has 1 unspecified atom stereocenters. The zero-order chi connectivity index (χ0) is 19.9. The van der Waals surface area contributed by atoms with Crippen LogP contribution >= 0.6 is 11.6 Å². The van der Waals surface area contributed by atoms with E-state index in [2.05, 4.69) is 16.2 Å². The van der Waals surface area contributed by atoms with E-state index in [1.54, 1.807) is 24.3 Å². The molecule has 0 spiro atoms. The summed E-state index contributed by atoms with van der Waals surface area (Å²) >= 11 is 5.91. The van der Waals surface area contributed by atoms with Gasteiger partial charge in [0.15, 0.2) is 0 Å². The van der Waals surface area contributed by atoms with Gasteiger partial charge in [0.25, 0.3) is 0 Å². The number of nitrogens with zero attached hydrogens (tertiary/aromatic N) is 2. The van der Waals surface area contributed by atoms with Crippen LogP contribution in [0.4, 0.5) is 4.39 Å². The van der Waals surface area contributed by atoms with Crippen LogP contribution < -0.4 is 10.1 Å². The highest BCUT2D eigenvalue weighted by Crippen LogP contribution is 2.22. The Morgan fingerprint density at radius 2 is 1.89 bits per heavy atom. The summed E-state index contributed by atoms with van der Waals surface area (Å²) in [7, 11) is 1.85. The maximum atomic E-state index is 13.2. The molecule has 1 aliphatic heterocycles. The van der Waals surface area contributed by atoms with Gasteiger partial charge in [0.05, 0.1) is 6.04 Å². The largest absolute Gasteiger partial charge is 0.478 e. The average Bonchev–Trinajstić information content (AvgIpc) is 2.70. The van der Waals surface area contributed by atoms with Gasteiger partial charge < -0.3 is 15.0 Å². The van der Waals surface area contributed by atoms with Crippen molar-refractivity contribution in [3.05, 3.63) is 70.6 Å². The van der Waals surface area contributed by atoms with Gasteiger partial charge in [-0.2, -0.15) is 0 Å². The van der Waals surface area contributed by atoms with Crippen molar-refractivity contribution in [2.45, 2.75) is 12.6 Å². The summed E-state index contributed by atoms with van der Waals surface area (Å²) in [4.78, 5) is 15.9. The molecule has 1 saturated heterocycles. The summed E-state index contributed by atoms with van der Waals surface area (Å²) in [5.41, 5.74) is 1.52. The van der Waals surface area contributed by atoms with E-state index in [4.69, 9.17) is 16.3 Å². The number of benzene rings is 2. The van der Waals surface area contributed by atoms with Crippen LogP contribution in [0.3, 0.4) is 0 Å². The third-order valence-electron chi connectivity index (χ3n) is 4.75. The van der Waals surface area contributed by atoms with Gasteiger partial charge in [-0.25, -0.2) is 9.18 Å². The third-order valence-corrected chi connectivity index (χ3v) is 5.01. The summed E-state index contributed by atoms with van der Waals surface area (Å²) in [6.07, 6.45) is 0. The van der Waals surface area contributed by atoms with Crippen LogP contribution in [0, 0.1) is 5.82 Å². The summed E-state index contributed by atoms with van der Waals surface area (Å²) in [5.74, 6) is 2.57. The van der Waals surface area contributed by atoms with Crippen molar-refractivity contribution < 1.29 is 13.9 Å². The van der Waals surface area contributed by atoms with Crippen molar-refractivity contribution in [2.75, 3.05) is 33.4 Å². The lowest BCUT2D eigenvalue weighted by molar-refractivity contribution is 0.0483. The van der Waals surface area contributed by atoms with Crippen molar-refractivity contribution in [1.82, 2.24) is 15.1 Å². The van der Waals surface area contributed by atoms with Crippen LogP contribution in [-0.2, 0) is 11.3 Å². The Labute approximate surface area is 169 Å². The molecule has 1 atom stereocenters. The molecule has 5 nitrogen and oxygen atoms in total. The van der Waals surface area contributed by atoms with Gasteiger partial charge in [-0.05, 0) is 49.0 Å². The number of ether oxygens (including phenoxy) is 1. The molecule has 0 saturated carbocycles. The van der Waals surface area contributed by atoms with Crippen molar-refractivity contribution in [2.24, 2.45) is 0 Å². The Morgan fingerprint density at radius 1 is 1.18 bits per heavy atom. The Bertz CT molecular complexity index is 823. The standard InChI is InChI=1S/C21H23ClFN3O2/c1-24-12-20-21(14-27)25(13-16-2-6-18(23)7-3-16)10-11-26(20)15-28-19-8-4-17(22)5-9-19/h2-9,20,24H,10-13,15H2,1H3. The first-order valence-corrected chi connectivity index (χ1v) is 9.50. The zero-order valence-electron chi connectivity index (χ0n) is 15.7. The number of likely N-dealkylation sites (N-methyl/N-ethyl adjacent to an activating group) is 1. The lowest BCUT2D eigenvalue weighted by Gasteiger charge is -2.42. The van der Waals surface area contributed by atoms with Crippen molar-refractivity contribution in [3.8, 4) is 5.75 Å². The van der Waals surface area contributed by atoms with Crippen molar-refractivity contribution in [1.29, 1.82) is 0 Å². The van der Waals surface area contributed by atoms with Crippen LogP contribution in [0.25, 0.3) is 0 Å². The summed E-state index contributed by atoms with van der Waals surface area (Å²) in [5, 5.41) is 3.79. The molecule has 0 radical (unpaired) electrons. The lowest BCUT2D eigenvalue weighted by atomic mass is 10.1. The Morgan fingerprint density at radius 3 is 2.54 bits per heavy atom. The first-order chi connectivity index (χ1) is 13.6. The van der Waals surface area contributed by atoms with Crippen molar-refractivity contribution in [3.63, 3.8) is 0 Å². The molecule has 148 valence electrons. The molecule has 0 aromatic heterocycles. The Hall–Kier alpha value is -2.37. The number of rotatable bonds is 7. The van der Waals surface area contributed by atoms with Gasteiger partial charge in [0.1, 0.15) is 29.9 Å². The molecule has 0 bridgehead atoms. The van der Waals surface area contributed by atoms with Gasteiger partial charge in [-0.15, -0.1) is 0 Å². The van der Waals surface area contributed by atoms with Crippen LogP contribution in [0.15, 0.2) is 54.2 Å². The maximum absolute atomic E-state index is 13.2. The first-order valence-electron chi connectivity index (χ1n) is 9.12. The number of halogens is 2. The third kappa shape index (κ3) is 5.12. The van der Waals surface area contributed by atoms with E-state index in [9.17, 15) is 9.18 Å². The van der Waals surface area contributed by atoms with Gasteiger partial charge in [0, 0.05) is 31.2 Å². The first kappa shape index (κ1) is 20.4. The minimum absolute atomic E-state index is 0.163. The molecule has 1 heterocycles. The van der Waals surface area contributed by atoms with E-state index >= 15 is 0 Å². The second-order valence-corrected chi connectivity index (χ2v) is 7.08. The Balaban J connectivity index is 1.69. The van der Waals surface area contributed by atoms with Crippen LogP contribution in [-0.4, -0.2) is 55.2 Å². The molecule has 1 aliphatic rings. The molecule has 1 fully saturated rings. The van der Waals surface area contributed by atoms with Crippen LogP contribution in [0.5, 0.6) is 5.75 Å². The van der Waals surface area contributed by atoms with Gasteiger partial charge in [-0.1, -0.05) is 23.7 Å². The number of hydrogen-bond donors (Lipinski definition) is 1. The number of hydrogen-bond acceptors (Lipinski definition) is 5. The summed E-state index contributed by atoms with van der Waals surface area (Å²) in [6.45, 7) is 2.87. The van der Waals surface area contributed by atoms with E-state index in [-0.39, 0.29) is 11.9 Å². The van der Waals surface area contributed by atoms with Crippen molar-refractivity contribution >= 4 is 17.5 Å². The van der Waals surface area contributed by atoms with E-state index in [0.29, 0.717) is 37.1 Å². The molecule has 1 N–H and O–H groups in total. The molecule has 28 heavy (non-hydrogen) atoms. The van der Waals surface area contributed by atoms with Crippen LogP contribution in [0.2, 0.25) is 5.02 Å². The highest BCUT2D eigenvalue weighted by Gasteiger charge is 2.32. The van der Waals surface area contributed by atoms with Crippen LogP contribution in [0.1, 0.15) is 5.56 Å². The quantitative estimate of drug-likeness (QED) is 0.720. The van der Waals surface area contributed by atoms with E-state index < -0.39 is 0 Å². The monoisotopic (exact) mass is 403 g/mol. The van der Waals surface area contributed by atoms with E-state index in [1.165, 1.54) is 12.1 Å². The molecule has 7 heteroatoms. The molecule has 3 rings (SSSR count). The second-order valence-electron chi connectivity index (χ2n) is 6.65. The Kier molecular flexibility index (Phi) is 7.06. The fourth-order valence-electron chi connectivity index (χ4n) is 3.28. The smallest absolute Gasteiger partial charge is 0.147 e. The molecular formula is C21H23ClFN3O2. The van der Waals surface area contributed by atoms with E-state index in [1.807, 2.05) is 24.1 Å². The fourth-order valence-corrected chi connectivity index (χ4v) is 3.40. The summed E-state index contributed by atoms with van der Waals surface area (Å²) < 4.78 is 19.0. The molecule has 0 aliphatic carbocycles. The number of nitrogens with one attached hydrogen (secondary N) is 1. The highest BCUT2D eigenvalue weighted by atomic mass is 35.5. The SMILES string of the molecule is CNCC1C(=C=O)N(Cc2ccc(F)cc2)CCN1COc1ccc(Cl)cc1. The normalized spacial score (nSPS) is 17.5. The molecular weight excluding hydrogens is 381 g/mol. The average molecular weight is 404 g/mol. The topological polar surface area (TPSA) is 44.8 Å². The summed E-state index contributed by atoms with van der Waals surface area (Å²) in [6, 6.07) is 13.4. The maximum Gasteiger partial charge on any atom is 0.147 e. The number of carbonyl (C=O) groups excluding carboxylic acids is 1. The predicted molar refractivity (Wildman–Crippen MR) is 107 cm³/mol. The van der Waals surface area contributed by atoms with Gasteiger partial charge >= 0.3 is 0 Å². The van der Waals surface area contributed by atoms with E-state index in [0.717, 1.165) is 17.9 Å². The molecule has 2 aromatic rings. The number of piperazine rings is 1. The van der Waals surface area contributed by atoms with Gasteiger partial charge in [0.2, 0.25) is 0 Å². The van der Waals surface area contributed by atoms with Gasteiger partial charge in [-0.3, -0.25) is 4.90 Å². The zero-order valence-corrected chi connectivity index (χ0v) is 16.5. The molecule has 0 amide bonds. The predicted octanol–water partition coefficient (Wildman–Crippen LogP) is 2.94. The lowest BCUT2D eigenvalue weighted by Crippen LogP contribution is -2.55. The minimum atomic E-state index is -0.271. The highest BCUT2D eigenvalue weighted by molar-refractivity contribution is 6.30. The fraction of sp³-hybridized carbons (Fsp3) is 0.333.